The number of amides is 1. The summed E-state index contributed by atoms with van der Waals surface area (Å²) in [5.74, 6) is -0.704. The minimum Gasteiger partial charge on any atom is -0.504 e. The third-order valence-corrected chi connectivity index (χ3v) is 7.32. The topological polar surface area (TPSA) is 161 Å². The molecule has 0 spiro atoms. The summed E-state index contributed by atoms with van der Waals surface area (Å²) >= 11 is 0. The van der Waals surface area contributed by atoms with Crippen LogP contribution in [0.4, 0.5) is 11.6 Å². The number of carbonyl (C=O) groups excluding carboxylic acids is 1. The number of nitrogens with two attached hydrogens (primary N) is 1. The second-order valence-electron chi connectivity index (χ2n) is 9.29. The molecule has 1 amide bonds. The van der Waals surface area contributed by atoms with Crippen LogP contribution in [0.3, 0.4) is 0 Å². The molecular weight excluding hydrogens is 496 g/mol. The van der Waals surface area contributed by atoms with Crippen molar-refractivity contribution in [2.75, 3.05) is 10.6 Å². The second kappa shape index (κ2) is 10.2. The molecule has 37 heavy (non-hydrogen) atoms. The van der Waals surface area contributed by atoms with Gasteiger partial charge in [-0.15, -0.1) is 0 Å². The molecular formula is C25H30N6O5S. The van der Waals surface area contributed by atoms with Gasteiger partial charge in [0.15, 0.2) is 16.6 Å². The van der Waals surface area contributed by atoms with Gasteiger partial charge in [0.05, 0.1) is 17.4 Å². The smallest absolute Gasteiger partial charge is 0.281 e. The van der Waals surface area contributed by atoms with Crippen molar-refractivity contribution in [3.05, 3.63) is 48.2 Å². The van der Waals surface area contributed by atoms with Crippen molar-refractivity contribution in [1.29, 1.82) is 0 Å². The van der Waals surface area contributed by atoms with E-state index >= 15 is 0 Å². The average molecular weight is 527 g/mol. The first-order valence-electron chi connectivity index (χ1n) is 11.9. The maximum Gasteiger partial charge on any atom is 0.281 e. The van der Waals surface area contributed by atoms with Crippen LogP contribution < -0.4 is 20.1 Å². The summed E-state index contributed by atoms with van der Waals surface area (Å²) < 4.78 is 33.4. The number of anilines is 2. The largest absolute Gasteiger partial charge is 0.504 e. The van der Waals surface area contributed by atoms with Gasteiger partial charge in [-0.05, 0) is 70.9 Å². The standard InChI is InChI=1S/C25H30N6O5S/c1-14(2)36-21-11-7-17(13-27-21)19-9-8-18(24(28-19)31-15(3)5-6-16(31)4)25(33)30-37(34,35)22-12-10-20(32)23(26)29-22/h7-16,32H,5-6H2,1-4H3,(H2,26,29)(H,30,33)/t15-,16+. The molecule has 3 aromatic rings. The van der Waals surface area contributed by atoms with Gasteiger partial charge in [-0.25, -0.2) is 19.7 Å². The zero-order valence-corrected chi connectivity index (χ0v) is 21.9. The van der Waals surface area contributed by atoms with E-state index in [4.69, 9.17) is 15.5 Å². The number of rotatable bonds is 7. The molecule has 0 bridgehead atoms. The Labute approximate surface area is 215 Å². The number of pyridine rings is 3. The second-order valence-corrected chi connectivity index (χ2v) is 10.9. The van der Waals surface area contributed by atoms with Crippen molar-refractivity contribution in [3.8, 4) is 22.9 Å². The predicted octanol–water partition coefficient (Wildman–Crippen LogP) is 3.11. The third-order valence-electron chi connectivity index (χ3n) is 6.08. The highest BCUT2D eigenvalue weighted by atomic mass is 32.2. The van der Waals surface area contributed by atoms with Crippen molar-refractivity contribution in [2.24, 2.45) is 0 Å². The number of aromatic nitrogens is 3. The minimum absolute atomic E-state index is 0.0106. The highest BCUT2D eigenvalue weighted by Crippen LogP contribution is 2.33. The number of ether oxygens (including phenoxy) is 1. The Morgan fingerprint density at radius 3 is 2.41 bits per heavy atom. The fraction of sp³-hybridized carbons (Fsp3) is 0.360. The molecule has 1 aliphatic rings. The first-order chi connectivity index (χ1) is 17.5. The Balaban J connectivity index is 1.71. The van der Waals surface area contributed by atoms with E-state index in [0.717, 1.165) is 30.5 Å². The van der Waals surface area contributed by atoms with Crippen molar-refractivity contribution >= 4 is 27.6 Å². The number of hydrogen-bond donors (Lipinski definition) is 3. The van der Waals surface area contributed by atoms with Gasteiger partial charge < -0.3 is 20.5 Å². The van der Waals surface area contributed by atoms with Crippen molar-refractivity contribution < 1.29 is 23.1 Å². The Morgan fingerprint density at radius 2 is 1.81 bits per heavy atom. The van der Waals surface area contributed by atoms with E-state index in [2.05, 4.69) is 14.7 Å². The summed E-state index contributed by atoms with van der Waals surface area (Å²) in [7, 11) is -4.36. The SMILES string of the molecule is CC(C)Oc1ccc(-c2ccc(C(=O)NS(=O)(=O)c3ccc(O)c(N)n3)c(N3[C@H](C)CC[C@@H]3C)n2)cn1. The molecule has 3 aromatic heterocycles. The molecule has 0 aliphatic carbocycles. The van der Waals surface area contributed by atoms with Crippen LogP contribution in [0.25, 0.3) is 11.3 Å². The lowest BCUT2D eigenvalue weighted by Gasteiger charge is -2.29. The lowest BCUT2D eigenvalue weighted by molar-refractivity contribution is 0.0981. The van der Waals surface area contributed by atoms with Crippen LogP contribution in [0.2, 0.25) is 0 Å². The number of sulfonamides is 1. The lowest BCUT2D eigenvalue weighted by Crippen LogP contribution is -2.37. The maximum atomic E-state index is 13.3. The van der Waals surface area contributed by atoms with Crippen molar-refractivity contribution in [3.63, 3.8) is 0 Å². The summed E-state index contributed by atoms with van der Waals surface area (Å²) in [6, 6.07) is 9.14. The molecule has 0 radical (unpaired) electrons. The Bertz CT molecular complexity index is 1400. The number of aromatic hydroxyl groups is 1. The van der Waals surface area contributed by atoms with Crippen LogP contribution in [0.15, 0.2) is 47.6 Å². The van der Waals surface area contributed by atoms with Crippen LogP contribution in [0.5, 0.6) is 11.6 Å². The first kappa shape index (κ1) is 26.1. The molecule has 11 nitrogen and oxygen atoms in total. The van der Waals surface area contributed by atoms with Gasteiger partial charge >= 0.3 is 0 Å². The molecule has 0 unspecified atom stereocenters. The van der Waals surface area contributed by atoms with Crippen LogP contribution in [0, 0.1) is 0 Å². The van der Waals surface area contributed by atoms with Crippen LogP contribution >= 0.6 is 0 Å². The van der Waals surface area contributed by atoms with Crippen LogP contribution in [-0.2, 0) is 10.0 Å². The molecule has 2 atom stereocenters. The summed E-state index contributed by atoms with van der Waals surface area (Å²) in [5.41, 5.74) is 6.94. The molecule has 196 valence electrons. The van der Waals surface area contributed by atoms with Gasteiger partial charge in [-0.3, -0.25) is 4.79 Å². The van der Waals surface area contributed by atoms with E-state index in [1.54, 1.807) is 24.4 Å². The molecule has 4 heterocycles. The molecule has 1 fully saturated rings. The molecule has 0 aromatic carbocycles. The van der Waals surface area contributed by atoms with Gasteiger partial charge in [-0.1, -0.05) is 0 Å². The molecule has 4 N–H and O–H groups in total. The summed E-state index contributed by atoms with van der Waals surface area (Å²) in [6.45, 7) is 7.91. The van der Waals surface area contributed by atoms with Gasteiger partial charge in [0.25, 0.3) is 15.9 Å². The molecule has 1 aliphatic heterocycles. The van der Waals surface area contributed by atoms with Gasteiger partial charge in [0.2, 0.25) is 5.88 Å². The zero-order chi connectivity index (χ0) is 26.9. The monoisotopic (exact) mass is 526 g/mol. The first-order valence-corrected chi connectivity index (χ1v) is 13.4. The Morgan fingerprint density at radius 1 is 1.11 bits per heavy atom. The molecule has 0 saturated carbocycles. The quantitative estimate of drug-likeness (QED) is 0.417. The number of carbonyl (C=O) groups is 1. The number of nitrogen functional groups attached to an aromatic ring is 1. The van der Waals surface area contributed by atoms with E-state index < -0.39 is 21.0 Å². The number of nitrogens with one attached hydrogen (secondary N) is 1. The van der Waals surface area contributed by atoms with Gasteiger partial charge in [0.1, 0.15) is 5.82 Å². The summed E-state index contributed by atoms with van der Waals surface area (Å²) in [5, 5.41) is 9.07. The molecule has 1 saturated heterocycles. The van der Waals surface area contributed by atoms with Gasteiger partial charge in [-0.2, -0.15) is 8.42 Å². The Kier molecular flexibility index (Phi) is 7.21. The summed E-state index contributed by atoms with van der Waals surface area (Å²) in [4.78, 5) is 28.1. The van der Waals surface area contributed by atoms with E-state index in [1.165, 1.54) is 0 Å². The Hall–Kier alpha value is -3.93. The molecule has 4 rings (SSSR count). The third kappa shape index (κ3) is 5.58. The van der Waals surface area contributed by atoms with Gasteiger partial charge in [0, 0.05) is 29.9 Å². The summed E-state index contributed by atoms with van der Waals surface area (Å²) in [6.07, 6.45) is 3.45. The van der Waals surface area contributed by atoms with E-state index in [-0.39, 0.29) is 35.3 Å². The van der Waals surface area contributed by atoms with Crippen LogP contribution in [0.1, 0.15) is 50.9 Å². The van der Waals surface area contributed by atoms with Crippen LogP contribution in [-0.4, -0.2) is 52.6 Å². The van der Waals surface area contributed by atoms with E-state index in [0.29, 0.717) is 17.4 Å². The number of nitrogens with zero attached hydrogens (tertiary/aromatic N) is 4. The predicted molar refractivity (Wildman–Crippen MR) is 139 cm³/mol. The lowest BCUT2D eigenvalue weighted by atomic mass is 10.1. The average Bonchev–Trinajstić information content (AvgIpc) is 3.17. The fourth-order valence-electron chi connectivity index (χ4n) is 4.27. The van der Waals surface area contributed by atoms with Crippen molar-refractivity contribution in [2.45, 2.75) is 63.8 Å². The van der Waals surface area contributed by atoms with Crippen molar-refractivity contribution in [1.82, 2.24) is 19.7 Å². The van der Waals surface area contributed by atoms with E-state index in [1.807, 2.05) is 38.7 Å². The highest BCUT2D eigenvalue weighted by molar-refractivity contribution is 7.90. The highest BCUT2D eigenvalue weighted by Gasteiger charge is 2.33. The maximum absolute atomic E-state index is 13.3. The number of hydrogen-bond acceptors (Lipinski definition) is 10. The zero-order valence-electron chi connectivity index (χ0n) is 21.0. The minimum atomic E-state index is -4.36. The fourth-order valence-corrected chi connectivity index (χ4v) is 5.19. The molecule has 12 heteroatoms. The van der Waals surface area contributed by atoms with E-state index in [9.17, 15) is 18.3 Å². The normalized spacial score (nSPS) is 17.7.